The maximum atomic E-state index is 12.8. The van der Waals surface area contributed by atoms with Crippen LogP contribution in [0, 0.1) is 6.92 Å². The Hall–Kier alpha value is -4.49. The molecule has 46 heavy (non-hydrogen) atoms. The second kappa shape index (κ2) is 14.3. The van der Waals surface area contributed by atoms with E-state index in [4.69, 9.17) is 12.2 Å². The van der Waals surface area contributed by atoms with Gasteiger partial charge in [0.25, 0.3) is 0 Å². The number of aromatic nitrogens is 3. The standard InChI is InChI=1S/C33H31F3N6O2S2/c1-21(2)27-16-7-22(3)18-28(27)42-29(43)19-46-32(42)39-31(45)37-17-5-4-6-23-8-10-24(11-9-23)30-38-20-41(40-30)25-12-14-26(15-13-25)44-33(34,35)36/h4,6-16,18,20-21H,5,17,19H2,1-3H3,(H,37,45)/b6-4-,39-32?. The van der Waals surface area contributed by atoms with Crippen LogP contribution in [0.15, 0.2) is 84.1 Å². The molecule has 0 atom stereocenters. The molecule has 4 aromatic rings. The van der Waals surface area contributed by atoms with Crippen LogP contribution in [0.25, 0.3) is 23.2 Å². The minimum Gasteiger partial charge on any atom is -0.406 e. The Kier molecular flexibility index (Phi) is 10.2. The van der Waals surface area contributed by atoms with Gasteiger partial charge in [-0.1, -0.05) is 74.2 Å². The molecule has 8 nitrogen and oxygen atoms in total. The van der Waals surface area contributed by atoms with Crippen molar-refractivity contribution in [3.8, 4) is 22.8 Å². The molecule has 0 radical (unpaired) electrons. The molecule has 1 N–H and O–H groups in total. The molecule has 13 heteroatoms. The molecule has 1 amide bonds. The van der Waals surface area contributed by atoms with Crippen molar-refractivity contribution in [3.63, 3.8) is 0 Å². The predicted octanol–water partition coefficient (Wildman–Crippen LogP) is 7.68. The lowest BCUT2D eigenvalue weighted by molar-refractivity contribution is -0.274. The number of nitrogens with zero attached hydrogens (tertiary/aromatic N) is 5. The summed E-state index contributed by atoms with van der Waals surface area (Å²) in [5.74, 6) is 0.742. The third-order valence-electron chi connectivity index (χ3n) is 6.90. The molecule has 1 aromatic heterocycles. The summed E-state index contributed by atoms with van der Waals surface area (Å²) in [6, 6.07) is 19.2. The van der Waals surface area contributed by atoms with Gasteiger partial charge in [-0.2, -0.15) is 4.99 Å². The van der Waals surface area contributed by atoms with E-state index in [1.54, 1.807) is 4.90 Å². The summed E-state index contributed by atoms with van der Waals surface area (Å²) in [5, 5.41) is 8.50. The van der Waals surface area contributed by atoms with Gasteiger partial charge in [0.05, 0.1) is 17.1 Å². The van der Waals surface area contributed by atoms with E-state index in [1.165, 1.54) is 47.0 Å². The number of carbonyl (C=O) groups is 1. The number of anilines is 1. The Bertz CT molecular complexity index is 1770. The molecule has 3 aromatic carbocycles. The van der Waals surface area contributed by atoms with E-state index < -0.39 is 6.36 Å². The van der Waals surface area contributed by atoms with E-state index >= 15 is 0 Å². The SMILES string of the molecule is Cc1ccc(C(C)C)c(N2C(=O)CSC2=NC(=S)NCC/C=C\c2ccc(-c3ncn(-c4ccc(OC(F)(F)F)cc4)n3)cc2)c1. The van der Waals surface area contributed by atoms with E-state index in [9.17, 15) is 18.0 Å². The van der Waals surface area contributed by atoms with E-state index in [-0.39, 0.29) is 17.6 Å². The number of thiocarbonyl (C=S) groups is 1. The van der Waals surface area contributed by atoms with Crippen LogP contribution in [0.1, 0.15) is 42.9 Å². The summed E-state index contributed by atoms with van der Waals surface area (Å²) in [6.07, 6.45) is 1.48. The average molecular weight is 665 g/mol. The Balaban J connectivity index is 1.13. The lowest BCUT2D eigenvalue weighted by Crippen LogP contribution is -2.32. The lowest BCUT2D eigenvalue weighted by atomic mass is 9.99. The fourth-order valence-corrected chi connectivity index (χ4v) is 5.80. The molecule has 0 aliphatic carbocycles. The number of halogens is 3. The van der Waals surface area contributed by atoms with Gasteiger partial charge in [-0.05, 0) is 78.5 Å². The number of hydrogen-bond acceptors (Lipinski definition) is 6. The summed E-state index contributed by atoms with van der Waals surface area (Å²) < 4.78 is 42.6. The van der Waals surface area contributed by atoms with Crippen LogP contribution in [0.4, 0.5) is 18.9 Å². The summed E-state index contributed by atoms with van der Waals surface area (Å²) in [7, 11) is 0. The summed E-state index contributed by atoms with van der Waals surface area (Å²) in [6.45, 7) is 6.80. The average Bonchev–Trinajstić information content (AvgIpc) is 3.64. The van der Waals surface area contributed by atoms with Crippen LogP contribution in [0.3, 0.4) is 0 Å². The third kappa shape index (κ3) is 8.40. The molecular weight excluding hydrogens is 634 g/mol. The van der Waals surface area contributed by atoms with Gasteiger partial charge >= 0.3 is 6.36 Å². The van der Waals surface area contributed by atoms with Crippen molar-refractivity contribution in [2.75, 3.05) is 17.2 Å². The van der Waals surface area contributed by atoms with Crippen LogP contribution >= 0.6 is 24.0 Å². The normalized spacial score (nSPS) is 14.5. The number of amidine groups is 1. The zero-order valence-electron chi connectivity index (χ0n) is 25.3. The van der Waals surface area contributed by atoms with Gasteiger partial charge in [0.15, 0.2) is 16.1 Å². The van der Waals surface area contributed by atoms with Crippen LogP contribution in [-0.4, -0.2) is 49.6 Å². The highest BCUT2D eigenvalue weighted by molar-refractivity contribution is 8.15. The first-order valence-corrected chi connectivity index (χ1v) is 15.8. The molecule has 0 saturated carbocycles. The van der Waals surface area contributed by atoms with Gasteiger partial charge in [-0.25, -0.2) is 9.67 Å². The first kappa shape index (κ1) is 32.9. The maximum absolute atomic E-state index is 12.8. The molecular formula is C33H31F3N6O2S2. The van der Waals surface area contributed by atoms with E-state index in [1.807, 2.05) is 49.4 Å². The van der Waals surface area contributed by atoms with Crippen molar-refractivity contribution >= 4 is 51.9 Å². The molecule has 1 saturated heterocycles. The molecule has 1 fully saturated rings. The first-order valence-electron chi connectivity index (χ1n) is 14.4. The molecule has 1 aliphatic rings. The molecule has 2 heterocycles. The number of amides is 1. The van der Waals surface area contributed by atoms with Crippen LogP contribution < -0.4 is 15.0 Å². The number of aryl methyl sites for hydroxylation is 1. The number of hydrogen-bond donors (Lipinski definition) is 1. The van der Waals surface area contributed by atoms with Gasteiger partial charge in [-0.15, -0.1) is 18.3 Å². The fourth-order valence-electron chi connectivity index (χ4n) is 4.69. The predicted molar refractivity (Wildman–Crippen MR) is 180 cm³/mol. The van der Waals surface area contributed by atoms with E-state index in [0.29, 0.717) is 40.5 Å². The van der Waals surface area contributed by atoms with Crippen molar-refractivity contribution < 1.29 is 22.7 Å². The van der Waals surface area contributed by atoms with Gasteiger partial charge in [0.2, 0.25) is 5.91 Å². The Labute approximate surface area is 274 Å². The summed E-state index contributed by atoms with van der Waals surface area (Å²) >= 11 is 6.86. The Morgan fingerprint density at radius 1 is 1.13 bits per heavy atom. The number of ether oxygens (including phenoxy) is 1. The molecule has 0 unspecified atom stereocenters. The number of carbonyl (C=O) groups excluding carboxylic acids is 1. The first-order chi connectivity index (χ1) is 22.0. The second-order valence-electron chi connectivity index (χ2n) is 10.7. The van der Waals surface area contributed by atoms with Crippen LogP contribution in [0.5, 0.6) is 5.75 Å². The fraction of sp³-hybridized carbons (Fsp3) is 0.242. The van der Waals surface area contributed by atoms with Crippen molar-refractivity contribution in [2.45, 2.75) is 39.5 Å². The minimum absolute atomic E-state index is 0.00900. The number of alkyl halides is 3. The number of nitrogens with one attached hydrogen (secondary N) is 1. The van der Waals surface area contributed by atoms with Crippen molar-refractivity contribution in [3.05, 3.63) is 95.8 Å². The third-order valence-corrected chi connectivity index (χ3v) is 8.06. The van der Waals surface area contributed by atoms with Gasteiger partial charge in [-0.3, -0.25) is 9.69 Å². The highest BCUT2D eigenvalue weighted by Gasteiger charge is 2.32. The molecule has 1 aliphatic heterocycles. The van der Waals surface area contributed by atoms with Crippen LogP contribution in [0.2, 0.25) is 0 Å². The van der Waals surface area contributed by atoms with Gasteiger partial charge < -0.3 is 10.1 Å². The van der Waals surface area contributed by atoms with Gasteiger partial charge in [0, 0.05) is 12.1 Å². The van der Waals surface area contributed by atoms with Crippen molar-refractivity contribution in [1.29, 1.82) is 0 Å². The van der Waals surface area contributed by atoms with Crippen molar-refractivity contribution in [2.24, 2.45) is 4.99 Å². The van der Waals surface area contributed by atoms with E-state index in [0.717, 1.165) is 27.9 Å². The van der Waals surface area contributed by atoms with Crippen LogP contribution in [-0.2, 0) is 4.79 Å². The lowest BCUT2D eigenvalue weighted by Gasteiger charge is -2.22. The highest BCUT2D eigenvalue weighted by Crippen LogP contribution is 2.34. The molecule has 5 rings (SSSR count). The number of thioether (sulfide) groups is 1. The molecule has 0 spiro atoms. The number of benzene rings is 3. The monoisotopic (exact) mass is 664 g/mol. The number of aliphatic imine (C=N–C) groups is 1. The molecule has 238 valence electrons. The minimum atomic E-state index is -4.75. The topological polar surface area (TPSA) is 84.6 Å². The largest absolute Gasteiger partial charge is 0.573 e. The Morgan fingerprint density at radius 3 is 2.57 bits per heavy atom. The van der Waals surface area contributed by atoms with E-state index in [2.05, 4.69) is 51.1 Å². The Morgan fingerprint density at radius 2 is 1.87 bits per heavy atom. The summed E-state index contributed by atoms with van der Waals surface area (Å²) in [4.78, 5) is 23.4. The maximum Gasteiger partial charge on any atom is 0.573 e. The zero-order chi connectivity index (χ0) is 32.8. The van der Waals surface area contributed by atoms with Gasteiger partial charge in [0.1, 0.15) is 12.1 Å². The molecule has 0 bridgehead atoms. The second-order valence-corrected chi connectivity index (χ2v) is 12.1. The smallest absolute Gasteiger partial charge is 0.406 e. The zero-order valence-corrected chi connectivity index (χ0v) is 26.9. The highest BCUT2D eigenvalue weighted by atomic mass is 32.2. The summed E-state index contributed by atoms with van der Waals surface area (Å²) in [5.41, 5.74) is 5.35. The quantitative estimate of drug-likeness (QED) is 0.145. The number of rotatable bonds is 9. The van der Waals surface area contributed by atoms with Crippen molar-refractivity contribution in [1.82, 2.24) is 20.1 Å².